The zero-order chi connectivity index (χ0) is 12.0. The highest BCUT2D eigenvalue weighted by molar-refractivity contribution is 7.58. The first kappa shape index (κ1) is 10.5. The molecule has 2 heterocycles. The number of fused-ring (bicyclic) bond motifs is 1. The second kappa shape index (κ2) is 3.68. The minimum atomic E-state index is 0.487. The van der Waals surface area contributed by atoms with Crippen molar-refractivity contribution in [2.24, 2.45) is 0 Å². The van der Waals surface area contributed by atoms with Crippen molar-refractivity contribution in [3.8, 4) is 11.3 Å². The van der Waals surface area contributed by atoms with E-state index in [-0.39, 0.29) is 0 Å². The Hall–Kier alpha value is -1.66. The van der Waals surface area contributed by atoms with Crippen molar-refractivity contribution in [1.82, 2.24) is 20.2 Å². The molecule has 0 radical (unpaired) electrons. The smallest absolute Gasteiger partial charge is 0.319 e. The number of aromatic nitrogens is 4. The Balaban J connectivity index is 2.21. The van der Waals surface area contributed by atoms with Crippen LogP contribution >= 0.6 is 11.6 Å². The maximum atomic E-state index is 6.04. The molecule has 7 heteroatoms. The van der Waals surface area contributed by atoms with Gasteiger partial charge in [0, 0.05) is 23.6 Å². The number of benzene rings is 1. The quantitative estimate of drug-likeness (QED) is 0.585. The van der Waals surface area contributed by atoms with Gasteiger partial charge in [0.15, 0.2) is 5.82 Å². The molecule has 1 aromatic carbocycles. The Morgan fingerprint density at radius 1 is 1.35 bits per heavy atom. The predicted octanol–water partition coefficient (Wildman–Crippen LogP) is 1.56. The fourth-order valence-corrected chi connectivity index (χ4v) is 2.29. The van der Waals surface area contributed by atoms with E-state index in [9.17, 15) is 0 Å². The molecule has 17 heavy (non-hydrogen) atoms. The molecule has 0 saturated heterocycles. The van der Waals surface area contributed by atoms with E-state index in [4.69, 9.17) is 17.3 Å². The zero-order valence-corrected chi connectivity index (χ0v) is 10.3. The summed E-state index contributed by atoms with van der Waals surface area (Å²) in [5.74, 6) is 0.487. The van der Waals surface area contributed by atoms with Crippen LogP contribution in [0.25, 0.3) is 22.2 Å². The molecule has 5 nitrogen and oxygen atoms in total. The summed E-state index contributed by atoms with van der Waals surface area (Å²) in [6.07, 6.45) is 0. The Bertz CT molecular complexity index is 702. The summed E-state index contributed by atoms with van der Waals surface area (Å²) >= 11 is 9.33. The van der Waals surface area contributed by atoms with Crippen LogP contribution in [0.3, 0.4) is 0 Å². The van der Waals surface area contributed by atoms with Gasteiger partial charge in [-0.05, 0) is 12.1 Å². The minimum absolute atomic E-state index is 0.487. The molecule has 0 unspecified atom stereocenters. The number of hydrogen-bond acceptors (Lipinski definition) is 3. The fraction of sp³-hybridized carbons (Fsp3) is 0. The lowest BCUT2D eigenvalue weighted by Crippen LogP contribution is -1.83. The van der Waals surface area contributed by atoms with Gasteiger partial charge in [-0.2, -0.15) is 10.1 Å². The van der Waals surface area contributed by atoms with E-state index in [0.717, 1.165) is 16.5 Å². The molecular weight excluding hydrogens is 258 g/mol. The van der Waals surface area contributed by atoms with Crippen LogP contribution in [0, 0.1) is 0 Å². The highest BCUT2D eigenvalue weighted by Crippen LogP contribution is 2.29. The van der Waals surface area contributed by atoms with Gasteiger partial charge < -0.3 is 5.73 Å². The van der Waals surface area contributed by atoms with Gasteiger partial charge in [0.05, 0.1) is 5.52 Å². The second-order valence-corrected chi connectivity index (χ2v) is 4.47. The SMILES string of the molecule is Nc1n[nH]c2cc(-c3nc([SH2+])[nH]c3Cl)ccc12. The van der Waals surface area contributed by atoms with Crippen molar-refractivity contribution in [2.75, 3.05) is 5.73 Å². The Morgan fingerprint density at radius 2 is 2.18 bits per heavy atom. The first-order valence-electron chi connectivity index (χ1n) is 4.86. The normalized spacial score (nSPS) is 11.2. The number of nitrogen functional groups attached to an aromatic ring is 1. The maximum absolute atomic E-state index is 6.04. The topological polar surface area (TPSA) is 83.4 Å². The number of nitrogens with two attached hydrogens (primary N) is 1. The molecule has 86 valence electrons. The third-order valence-corrected chi connectivity index (χ3v) is 3.04. The monoisotopic (exact) mass is 266 g/mol. The van der Waals surface area contributed by atoms with Crippen molar-refractivity contribution >= 4 is 41.0 Å². The molecule has 0 fully saturated rings. The highest BCUT2D eigenvalue weighted by atomic mass is 35.5. The van der Waals surface area contributed by atoms with Crippen LogP contribution in [0.1, 0.15) is 0 Å². The van der Waals surface area contributed by atoms with Crippen LogP contribution in [0.4, 0.5) is 5.82 Å². The summed E-state index contributed by atoms with van der Waals surface area (Å²) in [6.45, 7) is 0. The van der Waals surface area contributed by atoms with Crippen molar-refractivity contribution in [2.45, 2.75) is 5.16 Å². The molecule has 0 spiro atoms. The van der Waals surface area contributed by atoms with Gasteiger partial charge in [0.25, 0.3) is 0 Å². The van der Waals surface area contributed by atoms with Crippen LogP contribution in [-0.2, 0) is 12.6 Å². The summed E-state index contributed by atoms with van der Waals surface area (Å²) in [7, 11) is 0. The average Bonchev–Trinajstić information content (AvgIpc) is 2.82. The lowest BCUT2D eigenvalue weighted by Gasteiger charge is -1.97. The third kappa shape index (κ3) is 1.65. The number of hydrogen-bond donors (Lipinski definition) is 3. The Kier molecular flexibility index (Phi) is 2.27. The molecule has 2 aromatic heterocycles. The van der Waals surface area contributed by atoms with Crippen LogP contribution in [-0.4, -0.2) is 20.2 Å². The highest BCUT2D eigenvalue weighted by Gasteiger charge is 2.12. The summed E-state index contributed by atoms with van der Waals surface area (Å²) in [5.41, 5.74) is 8.14. The van der Waals surface area contributed by atoms with Crippen molar-refractivity contribution < 1.29 is 0 Å². The van der Waals surface area contributed by atoms with E-state index in [1.54, 1.807) is 0 Å². The molecule has 0 aliphatic heterocycles. The zero-order valence-electron chi connectivity index (χ0n) is 8.58. The van der Waals surface area contributed by atoms with E-state index >= 15 is 0 Å². The first-order chi connectivity index (χ1) is 8.15. The van der Waals surface area contributed by atoms with Crippen LogP contribution in [0.2, 0.25) is 5.15 Å². The number of rotatable bonds is 1. The van der Waals surface area contributed by atoms with E-state index < -0.39 is 0 Å². The third-order valence-electron chi connectivity index (χ3n) is 2.53. The number of H-pyrrole nitrogens is 2. The van der Waals surface area contributed by atoms with Gasteiger partial charge in [-0.3, -0.25) is 10.1 Å². The van der Waals surface area contributed by atoms with Crippen molar-refractivity contribution in [3.05, 3.63) is 23.4 Å². The summed E-state index contributed by atoms with van der Waals surface area (Å²) in [6, 6.07) is 5.70. The Morgan fingerprint density at radius 3 is 2.88 bits per heavy atom. The molecule has 0 amide bonds. The summed E-state index contributed by atoms with van der Waals surface area (Å²) in [4.78, 5) is 7.13. The number of imidazole rings is 1. The molecule has 0 aliphatic rings. The van der Waals surface area contributed by atoms with Gasteiger partial charge in [0.2, 0.25) is 0 Å². The van der Waals surface area contributed by atoms with Gasteiger partial charge in [-0.25, -0.2) is 0 Å². The molecule has 0 atom stereocenters. The lowest BCUT2D eigenvalue weighted by atomic mass is 10.1. The molecule has 3 aromatic rings. The predicted molar refractivity (Wildman–Crippen MR) is 71.5 cm³/mol. The molecule has 0 saturated carbocycles. The van der Waals surface area contributed by atoms with Gasteiger partial charge >= 0.3 is 5.16 Å². The number of nitrogens with one attached hydrogen (secondary N) is 2. The number of halogens is 1. The van der Waals surface area contributed by atoms with Crippen LogP contribution in [0.15, 0.2) is 23.4 Å². The molecule has 4 N–H and O–H groups in total. The van der Waals surface area contributed by atoms with E-state index in [1.807, 2.05) is 18.2 Å². The maximum Gasteiger partial charge on any atom is 0.319 e. The van der Waals surface area contributed by atoms with Crippen LogP contribution in [0.5, 0.6) is 0 Å². The standard InChI is InChI=1S/C10H8ClN5S/c11-8-7(13-10(17)14-8)4-1-2-5-6(3-4)15-16-9(5)12/h1-3H,(H3,12,15,16)(H2,13,14,17)/p+1. The first-order valence-corrected chi connectivity index (χ1v) is 5.74. The lowest BCUT2D eigenvalue weighted by molar-refractivity contribution is 1.07. The second-order valence-electron chi connectivity index (χ2n) is 3.62. The average molecular weight is 267 g/mol. The van der Waals surface area contributed by atoms with E-state index in [2.05, 4.69) is 32.8 Å². The largest absolute Gasteiger partial charge is 0.382 e. The molecular formula is C10H9ClN5S+. The Labute approximate surface area is 107 Å². The van der Waals surface area contributed by atoms with Crippen LogP contribution < -0.4 is 5.73 Å². The molecule has 0 aliphatic carbocycles. The molecule has 3 rings (SSSR count). The van der Waals surface area contributed by atoms with Crippen molar-refractivity contribution in [3.63, 3.8) is 0 Å². The number of aromatic amines is 2. The summed E-state index contributed by atoms with van der Waals surface area (Å²) in [5, 5.41) is 8.76. The van der Waals surface area contributed by atoms with Crippen molar-refractivity contribution in [1.29, 1.82) is 0 Å². The number of nitrogens with zero attached hydrogens (tertiary/aromatic N) is 2. The summed E-state index contributed by atoms with van der Waals surface area (Å²) < 4.78 is 0. The van der Waals surface area contributed by atoms with Gasteiger partial charge in [0.1, 0.15) is 10.8 Å². The van der Waals surface area contributed by atoms with Gasteiger partial charge in [-0.1, -0.05) is 17.7 Å². The minimum Gasteiger partial charge on any atom is -0.382 e. The number of anilines is 1. The van der Waals surface area contributed by atoms with Gasteiger partial charge in [-0.15, -0.1) is 0 Å². The van der Waals surface area contributed by atoms with E-state index in [1.165, 1.54) is 0 Å². The fourth-order valence-electron chi connectivity index (χ4n) is 1.73. The molecule has 0 bridgehead atoms. The van der Waals surface area contributed by atoms with E-state index in [0.29, 0.717) is 21.8 Å².